The number of rotatable bonds is 9. The normalized spacial score (nSPS) is 22.3. The van der Waals surface area contributed by atoms with Crippen LogP contribution in [-0.4, -0.2) is 51.0 Å². The zero-order valence-electron chi connectivity index (χ0n) is 14.9. The van der Waals surface area contributed by atoms with Crippen LogP contribution >= 0.6 is 0 Å². The van der Waals surface area contributed by atoms with E-state index in [2.05, 4.69) is 16.0 Å². The van der Waals surface area contributed by atoms with Crippen molar-refractivity contribution < 1.29 is 9.53 Å². The van der Waals surface area contributed by atoms with E-state index in [1.807, 2.05) is 13.1 Å². The molecule has 0 radical (unpaired) electrons. The van der Waals surface area contributed by atoms with Crippen LogP contribution in [0.5, 0.6) is 0 Å². The number of nitrogens with one attached hydrogen (secondary N) is 4. The van der Waals surface area contributed by atoms with Crippen molar-refractivity contribution in [2.45, 2.75) is 19.8 Å². The predicted octanol–water partition coefficient (Wildman–Crippen LogP) is 1.13. The first-order valence-corrected chi connectivity index (χ1v) is 9.13. The Morgan fingerprint density at radius 3 is 2.84 bits per heavy atom. The van der Waals surface area contributed by atoms with Crippen molar-refractivity contribution in [3.05, 3.63) is 35.1 Å². The van der Waals surface area contributed by atoms with Gasteiger partial charge in [-0.1, -0.05) is 0 Å². The second kappa shape index (κ2) is 8.45. The average molecular weight is 344 g/mol. The Hall–Kier alpha value is -1.92. The highest BCUT2D eigenvalue weighted by Gasteiger charge is 2.21. The molecule has 2 fully saturated rings. The van der Waals surface area contributed by atoms with Gasteiger partial charge in [-0.05, 0) is 43.4 Å². The number of carbonyl (C=O) groups is 1. The SMILES string of the molecule is CC1=CC(=N)/C(=C\NCC2CNC2)C=C1C(=O)NCCOCC1CC1. The Morgan fingerprint density at radius 2 is 2.16 bits per heavy atom. The van der Waals surface area contributed by atoms with Crippen LogP contribution in [-0.2, 0) is 9.53 Å². The summed E-state index contributed by atoms with van der Waals surface area (Å²) < 4.78 is 5.54. The maximum absolute atomic E-state index is 12.4. The molecule has 0 aromatic carbocycles. The van der Waals surface area contributed by atoms with Gasteiger partial charge in [-0.15, -0.1) is 0 Å². The van der Waals surface area contributed by atoms with E-state index in [1.165, 1.54) is 12.8 Å². The maximum Gasteiger partial charge on any atom is 0.251 e. The zero-order chi connectivity index (χ0) is 17.6. The summed E-state index contributed by atoms with van der Waals surface area (Å²) in [5, 5.41) is 17.5. The fourth-order valence-corrected chi connectivity index (χ4v) is 2.78. The molecule has 1 saturated carbocycles. The molecule has 25 heavy (non-hydrogen) atoms. The minimum absolute atomic E-state index is 0.106. The van der Waals surface area contributed by atoms with Gasteiger partial charge in [0.05, 0.1) is 12.3 Å². The lowest BCUT2D eigenvalue weighted by atomic mass is 9.94. The predicted molar refractivity (Wildman–Crippen MR) is 98.6 cm³/mol. The van der Waals surface area contributed by atoms with Crippen molar-refractivity contribution in [1.82, 2.24) is 16.0 Å². The van der Waals surface area contributed by atoms with Crippen molar-refractivity contribution in [3.8, 4) is 0 Å². The molecule has 3 aliphatic rings. The molecule has 136 valence electrons. The monoisotopic (exact) mass is 344 g/mol. The second-order valence-electron chi connectivity index (χ2n) is 7.11. The van der Waals surface area contributed by atoms with Crippen molar-refractivity contribution >= 4 is 11.6 Å². The van der Waals surface area contributed by atoms with Crippen LogP contribution in [0.3, 0.4) is 0 Å². The fraction of sp³-hybridized carbons (Fsp3) is 0.579. The van der Waals surface area contributed by atoms with Crippen molar-refractivity contribution in [2.24, 2.45) is 11.8 Å². The number of allylic oxidation sites excluding steroid dienone is 3. The lowest BCUT2D eigenvalue weighted by molar-refractivity contribution is -0.117. The summed E-state index contributed by atoms with van der Waals surface area (Å²) in [5.41, 5.74) is 2.62. The third-order valence-electron chi connectivity index (χ3n) is 4.75. The Labute approximate surface area is 149 Å². The summed E-state index contributed by atoms with van der Waals surface area (Å²) in [5.74, 6) is 1.28. The third kappa shape index (κ3) is 5.28. The molecular weight excluding hydrogens is 316 g/mol. The fourth-order valence-electron chi connectivity index (χ4n) is 2.78. The number of hydrogen-bond donors (Lipinski definition) is 4. The molecule has 0 aromatic rings. The lowest BCUT2D eigenvalue weighted by Crippen LogP contribution is -2.46. The smallest absolute Gasteiger partial charge is 0.251 e. The van der Waals surface area contributed by atoms with E-state index in [9.17, 15) is 4.79 Å². The van der Waals surface area contributed by atoms with Gasteiger partial charge in [-0.25, -0.2) is 0 Å². The minimum Gasteiger partial charge on any atom is -0.390 e. The minimum atomic E-state index is -0.106. The van der Waals surface area contributed by atoms with Gasteiger partial charge < -0.3 is 26.1 Å². The summed E-state index contributed by atoms with van der Waals surface area (Å²) in [7, 11) is 0. The summed E-state index contributed by atoms with van der Waals surface area (Å²) in [6, 6.07) is 0. The number of amides is 1. The average Bonchev–Trinajstić information content (AvgIpc) is 3.35. The first kappa shape index (κ1) is 17.9. The van der Waals surface area contributed by atoms with Crippen molar-refractivity contribution in [1.29, 1.82) is 5.41 Å². The van der Waals surface area contributed by atoms with Gasteiger partial charge in [0.2, 0.25) is 0 Å². The molecule has 6 heteroatoms. The lowest BCUT2D eigenvalue weighted by Gasteiger charge is -2.27. The third-order valence-corrected chi connectivity index (χ3v) is 4.75. The first-order valence-electron chi connectivity index (χ1n) is 9.13. The van der Waals surface area contributed by atoms with Gasteiger partial charge in [0.25, 0.3) is 5.91 Å². The van der Waals surface area contributed by atoms with Crippen molar-refractivity contribution in [2.75, 3.05) is 39.4 Å². The van der Waals surface area contributed by atoms with Gasteiger partial charge in [-0.3, -0.25) is 4.79 Å². The molecule has 0 unspecified atom stereocenters. The molecule has 1 amide bonds. The molecule has 6 nitrogen and oxygen atoms in total. The molecule has 2 aliphatic carbocycles. The Bertz CT molecular complexity index is 613. The van der Waals surface area contributed by atoms with Crippen LogP contribution in [0.2, 0.25) is 0 Å². The van der Waals surface area contributed by atoms with Crippen LogP contribution in [0.1, 0.15) is 19.8 Å². The number of ether oxygens (including phenoxy) is 1. The van der Waals surface area contributed by atoms with E-state index in [1.54, 1.807) is 12.2 Å². The molecule has 0 bridgehead atoms. The largest absolute Gasteiger partial charge is 0.390 e. The summed E-state index contributed by atoms with van der Waals surface area (Å²) >= 11 is 0. The van der Waals surface area contributed by atoms with Crippen LogP contribution in [0.4, 0.5) is 0 Å². The summed E-state index contributed by atoms with van der Waals surface area (Å²) in [6.07, 6.45) is 7.93. The Kier molecular flexibility index (Phi) is 6.04. The molecule has 1 saturated heterocycles. The molecule has 4 N–H and O–H groups in total. The summed E-state index contributed by atoms with van der Waals surface area (Å²) in [6.45, 7) is 6.71. The highest BCUT2D eigenvalue weighted by molar-refractivity contribution is 6.14. The van der Waals surface area contributed by atoms with Gasteiger partial charge in [0, 0.05) is 56.0 Å². The topological polar surface area (TPSA) is 86.2 Å². The van der Waals surface area contributed by atoms with Gasteiger partial charge in [0.15, 0.2) is 0 Å². The number of hydrogen-bond acceptors (Lipinski definition) is 5. The number of carbonyl (C=O) groups excluding carboxylic acids is 1. The van der Waals surface area contributed by atoms with E-state index in [0.29, 0.717) is 30.4 Å². The molecule has 0 atom stereocenters. The Balaban J connectivity index is 1.48. The van der Waals surface area contributed by atoms with Gasteiger partial charge in [-0.2, -0.15) is 0 Å². The highest BCUT2D eigenvalue weighted by Crippen LogP contribution is 2.28. The Morgan fingerprint density at radius 1 is 1.36 bits per heavy atom. The molecule has 0 spiro atoms. The first-order chi connectivity index (χ1) is 12.1. The molecule has 1 aliphatic heterocycles. The quantitative estimate of drug-likeness (QED) is 0.472. The second-order valence-corrected chi connectivity index (χ2v) is 7.11. The molecule has 0 aromatic heterocycles. The van der Waals surface area contributed by atoms with Gasteiger partial charge >= 0.3 is 0 Å². The van der Waals surface area contributed by atoms with Crippen molar-refractivity contribution in [3.63, 3.8) is 0 Å². The summed E-state index contributed by atoms with van der Waals surface area (Å²) in [4.78, 5) is 12.4. The molecular formula is C19H28N4O2. The van der Waals surface area contributed by atoms with E-state index in [0.717, 1.165) is 43.3 Å². The van der Waals surface area contributed by atoms with E-state index < -0.39 is 0 Å². The highest BCUT2D eigenvalue weighted by atomic mass is 16.5. The molecule has 1 heterocycles. The molecule has 3 rings (SSSR count). The van der Waals surface area contributed by atoms with Crippen LogP contribution in [0.15, 0.2) is 35.1 Å². The van der Waals surface area contributed by atoms with E-state index in [4.69, 9.17) is 10.1 Å². The van der Waals surface area contributed by atoms with E-state index >= 15 is 0 Å². The zero-order valence-corrected chi connectivity index (χ0v) is 14.9. The maximum atomic E-state index is 12.4. The van der Waals surface area contributed by atoms with Crippen LogP contribution < -0.4 is 16.0 Å². The van der Waals surface area contributed by atoms with Crippen LogP contribution in [0.25, 0.3) is 0 Å². The van der Waals surface area contributed by atoms with Gasteiger partial charge in [0.1, 0.15) is 0 Å². The van der Waals surface area contributed by atoms with Crippen LogP contribution in [0, 0.1) is 17.2 Å². The standard InChI is InChI=1S/C19H28N4O2/c1-13-6-18(20)16(11-22-10-15-8-21-9-15)7-17(13)19(24)23-4-5-25-12-14-2-3-14/h6-7,11,14-15,20-22H,2-5,8-10,12H2,1H3,(H,23,24)/b16-11-,20-18?. The van der Waals surface area contributed by atoms with E-state index in [-0.39, 0.29) is 5.91 Å².